The summed E-state index contributed by atoms with van der Waals surface area (Å²) in [6.07, 6.45) is -0.0589. The highest BCUT2D eigenvalue weighted by atomic mass is 32.2. The van der Waals surface area contributed by atoms with Crippen LogP contribution in [0.1, 0.15) is 11.5 Å². The van der Waals surface area contributed by atoms with Gasteiger partial charge in [-0.05, 0) is 23.8 Å². The maximum absolute atomic E-state index is 13.7. The van der Waals surface area contributed by atoms with Crippen LogP contribution in [0.2, 0.25) is 0 Å². The second-order valence-electron chi connectivity index (χ2n) is 4.97. The number of nitrogens with zero attached hydrogens (tertiary/aromatic N) is 2. The predicted molar refractivity (Wildman–Crippen MR) is 80.3 cm³/mol. The van der Waals surface area contributed by atoms with E-state index in [0.29, 0.717) is 0 Å². The summed E-state index contributed by atoms with van der Waals surface area (Å²) in [4.78, 5) is 3.91. The second kappa shape index (κ2) is 6.10. The quantitative estimate of drug-likeness (QED) is 0.777. The smallest absolute Gasteiger partial charge is 0.238 e. The molecular formula is C15H11F2N3O3S. The van der Waals surface area contributed by atoms with Gasteiger partial charge in [-0.2, -0.15) is 4.98 Å². The average Bonchev–Trinajstić information content (AvgIpc) is 2.98. The molecule has 124 valence electrons. The van der Waals surface area contributed by atoms with Crippen LogP contribution in [0.4, 0.5) is 8.78 Å². The number of sulfonamides is 1. The van der Waals surface area contributed by atoms with Gasteiger partial charge in [0.2, 0.25) is 21.7 Å². The maximum Gasteiger partial charge on any atom is 0.238 e. The van der Waals surface area contributed by atoms with Crippen LogP contribution in [0.5, 0.6) is 0 Å². The molecule has 3 rings (SSSR count). The summed E-state index contributed by atoms with van der Waals surface area (Å²) < 4.78 is 54.8. The van der Waals surface area contributed by atoms with E-state index in [1.807, 2.05) is 0 Å². The number of hydrogen-bond acceptors (Lipinski definition) is 5. The summed E-state index contributed by atoms with van der Waals surface area (Å²) >= 11 is 0. The molecule has 0 atom stereocenters. The third-order valence-electron chi connectivity index (χ3n) is 3.26. The molecule has 0 aliphatic rings. The fourth-order valence-corrected chi connectivity index (χ4v) is 2.90. The van der Waals surface area contributed by atoms with Crippen LogP contribution in [0.15, 0.2) is 51.9 Å². The summed E-state index contributed by atoms with van der Waals surface area (Å²) in [6.45, 7) is 0. The van der Waals surface area contributed by atoms with Crippen molar-refractivity contribution in [2.45, 2.75) is 11.3 Å². The fourth-order valence-electron chi connectivity index (χ4n) is 2.16. The Hall–Kier alpha value is -2.65. The highest BCUT2D eigenvalue weighted by molar-refractivity contribution is 7.89. The minimum atomic E-state index is -3.97. The molecule has 0 fully saturated rings. The van der Waals surface area contributed by atoms with Gasteiger partial charge < -0.3 is 4.52 Å². The number of benzene rings is 2. The number of primary sulfonamides is 1. The van der Waals surface area contributed by atoms with E-state index in [1.54, 1.807) is 6.07 Å². The van der Waals surface area contributed by atoms with Crippen molar-refractivity contribution in [3.8, 4) is 11.4 Å². The third-order valence-corrected chi connectivity index (χ3v) is 4.23. The van der Waals surface area contributed by atoms with E-state index in [9.17, 15) is 17.2 Å². The minimum absolute atomic E-state index is 0.0112. The zero-order valence-corrected chi connectivity index (χ0v) is 12.9. The van der Waals surface area contributed by atoms with Gasteiger partial charge in [0.1, 0.15) is 11.6 Å². The minimum Gasteiger partial charge on any atom is -0.339 e. The maximum atomic E-state index is 13.7. The van der Waals surface area contributed by atoms with Crippen molar-refractivity contribution in [3.05, 3.63) is 65.6 Å². The van der Waals surface area contributed by atoms with Crippen LogP contribution >= 0.6 is 0 Å². The molecule has 9 heteroatoms. The molecule has 6 nitrogen and oxygen atoms in total. The van der Waals surface area contributed by atoms with Crippen molar-refractivity contribution >= 4 is 10.0 Å². The van der Waals surface area contributed by atoms with E-state index in [0.717, 1.165) is 12.1 Å². The van der Waals surface area contributed by atoms with Crippen LogP contribution in [0.25, 0.3) is 11.4 Å². The van der Waals surface area contributed by atoms with Gasteiger partial charge in [0.15, 0.2) is 0 Å². The van der Waals surface area contributed by atoms with Gasteiger partial charge in [0, 0.05) is 11.6 Å². The molecule has 0 bridgehead atoms. The van der Waals surface area contributed by atoms with E-state index >= 15 is 0 Å². The van der Waals surface area contributed by atoms with Crippen LogP contribution in [-0.2, 0) is 16.4 Å². The molecule has 0 radical (unpaired) electrons. The van der Waals surface area contributed by atoms with E-state index in [4.69, 9.17) is 9.66 Å². The first kappa shape index (κ1) is 16.2. The molecule has 2 aromatic carbocycles. The largest absolute Gasteiger partial charge is 0.339 e. The fraction of sp³-hybridized carbons (Fsp3) is 0.0667. The lowest BCUT2D eigenvalue weighted by atomic mass is 10.1. The number of nitrogens with two attached hydrogens (primary N) is 1. The van der Waals surface area contributed by atoms with Crippen molar-refractivity contribution in [3.63, 3.8) is 0 Å². The number of halogens is 2. The van der Waals surface area contributed by atoms with Crippen LogP contribution in [0, 0.1) is 11.6 Å². The van der Waals surface area contributed by atoms with Crippen LogP contribution in [-0.4, -0.2) is 18.6 Å². The molecule has 1 heterocycles. The monoisotopic (exact) mass is 351 g/mol. The van der Waals surface area contributed by atoms with Crippen molar-refractivity contribution in [1.29, 1.82) is 0 Å². The van der Waals surface area contributed by atoms with E-state index < -0.39 is 21.7 Å². The summed E-state index contributed by atoms with van der Waals surface area (Å²) in [5, 5.41) is 8.86. The molecule has 24 heavy (non-hydrogen) atoms. The number of hydrogen-bond donors (Lipinski definition) is 1. The molecule has 0 saturated heterocycles. The van der Waals surface area contributed by atoms with Crippen molar-refractivity contribution < 1.29 is 21.7 Å². The van der Waals surface area contributed by atoms with Gasteiger partial charge in [-0.15, -0.1) is 0 Å². The molecule has 0 aliphatic carbocycles. The molecule has 0 spiro atoms. The molecule has 0 saturated carbocycles. The van der Waals surface area contributed by atoms with Gasteiger partial charge in [-0.3, -0.25) is 0 Å². The highest BCUT2D eigenvalue weighted by Crippen LogP contribution is 2.24. The summed E-state index contributed by atoms with van der Waals surface area (Å²) in [6, 6.07) is 9.05. The lowest BCUT2D eigenvalue weighted by Gasteiger charge is -2.02. The Morgan fingerprint density at radius 3 is 2.58 bits per heavy atom. The number of aromatic nitrogens is 2. The predicted octanol–water partition coefficient (Wildman–Crippen LogP) is 2.25. The Bertz CT molecular complexity index is 1000. The molecule has 0 amide bonds. The lowest BCUT2D eigenvalue weighted by molar-refractivity contribution is 0.384. The molecule has 0 aliphatic heterocycles. The summed E-state index contributed by atoms with van der Waals surface area (Å²) in [5.74, 6) is -1.36. The zero-order valence-electron chi connectivity index (χ0n) is 12.1. The van der Waals surface area contributed by atoms with Gasteiger partial charge in [-0.25, -0.2) is 22.3 Å². The first-order valence-corrected chi connectivity index (χ1v) is 8.28. The topological polar surface area (TPSA) is 99.1 Å². The standard InChI is InChI=1S/C15H11F2N3O3S/c16-10-6-5-9(12(17)8-10)7-14-19-15(20-23-14)11-3-1-2-4-13(11)24(18,21)22/h1-6,8H,7H2,(H2,18,21,22). The average molecular weight is 351 g/mol. The lowest BCUT2D eigenvalue weighted by Crippen LogP contribution is -2.13. The Balaban J connectivity index is 1.95. The highest BCUT2D eigenvalue weighted by Gasteiger charge is 2.19. The van der Waals surface area contributed by atoms with Gasteiger partial charge >= 0.3 is 0 Å². The molecule has 3 aromatic rings. The molecule has 1 aromatic heterocycles. The summed E-state index contributed by atoms with van der Waals surface area (Å²) in [7, 11) is -3.97. The zero-order chi connectivity index (χ0) is 17.3. The van der Waals surface area contributed by atoms with Crippen LogP contribution < -0.4 is 5.14 Å². The first-order chi connectivity index (χ1) is 11.3. The molecular weight excluding hydrogens is 340 g/mol. The third kappa shape index (κ3) is 3.31. The van der Waals surface area contributed by atoms with E-state index in [2.05, 4.69) is 10.1 Å². The van der Waals surface area contributed by atoms with Crippen molar-refractivity contribution in [2.24, 2.45) is 5.14 Å². The summed E-state index contributed by atoms with van der Waals surface area (Å²) in [5.41, 5.74) is 0.348. The van der Waals surface area contributed by atoms with Crippen molar-refractivity contribution in [2.75, 3.05) is 0 Å². The second-order valence-corrected chi connectivity index (χ2v) is 6.50. The Morgan fingerprint density at radius 1 is 1.12 bits per heavy atom. The Labute approximate surface area is 136 Å². The van der Waals surface area contributed by atoms with Gasteiger partial charge in [0.25, 0.3) is 0 Å². The normalized spacial score (nSPS) is 11.6. The molecule has 0 unspecified atom stereocenters. The number of rotatable bonds is 4. The SMILES string of the molecule is NS(=O)(=O)c1ccccc1-c1noc(Cc2ccc(F)cc2F)n1. The van der Waals surface area contributed by atoms with E-state index in [1.165, 1.54) is 24.3 Å². The van der Waals surface area contributed by atoms with Crippen molar-refractivity contribution in [1.82, 2.24) is 10.1 Å². The van der Waals surface area contributed by atoms with E-state index in [-0.39, 0.29) is 34.2 Å². The van der Waals surface area contributed by atoms with Gasteiger partial charge in [-0.1, -0.05) is 23.4 Å². The van der Waals surface area contributed by atoms with Crippen LogP contribution in [0.3, 0.4) is 0 Å². The Kier molecular flexibility index (Phi) is 4.12. The molecule has 2 N–H and O–H groups in total. The Morgan fingerprint density at radius 2 is 1.88 bits per heavy atom. The first-order valence-electron chi connectivity index (χ1n) is 6.73. The van der Waals surface area contributed by atoms with Gasteiger partial charge in [0.05, 0.1) is 11.3 Å².